The molecule has 0 radical (unpaired) electrons. The number of aryl methyl sites for hydroxylation is 1. The van der Waals surface area contributed by atoms with Crippen molar-refractivity contribution in [1.82, 2.24) is 28.7 Å². The molecule has 5 rings (SSSR count). The van der Waals surface area contributed by atoms with Crippen molar-refractivity contribution in [2.75, 3.05) is 19.1 Å². The number of hydrogen-bond donors (Lipinski definition) is 0. The van der Waals surface area contributed by atoms with Gasteiger partial charge in [0.2, 0.25) is 5.95 Å². The molecule has 10 heteroatoms. The quantitative estimate of drug-likeness (QED) is 0.478. The van der Waals surface area contributed by atoms with Crippen LogP contribution in [0.5, 0.6) is 0 Å². The second kappa shape index (κ2) is 7.23. The zero-order chi connectivity index (χ0) is 20.0. The van der Waals surface area contributed by atoms with Gasteiger partial charge in [0.15, 0.2) is 5.65 Å². The lowest BCUT2D eigenvalue weighted by atomic mass is 10.1. The Balaban J connectivity index is 1.72. The van der Waals surface area contributed by atoms with Gasteiger partial charge in [-0.15, -0.1) is 11.6 Å². The second-order valence-corrected chi connectivity index (χ2v) is 7.34. The Morgan fingerprint density at radius 3 is 2.83 bits per heavy atom. The van der Waals surface area contributed by atoms with E-state index in [0.29, 0.717) is 53.8 Å². The molecule has 150 valence electrons. The van der Waals surface area contributed by atoms with Gasteiger partial charge in [-0.1, -0.05) is 0 Å². The Morgan fingerprint density at radius 1 is 1.21 bits per heavy atom. The summed E-state index contributed by atoms with van der Waals surface area (Å²) in [7, 11) is 0. The van der Waals surface area contributed by atoms with Crippen LogP contribution in [-0.2, 0) is 11.3 Å². The first-order chi connectivity index (χ1) is 14.2. The van der Waals surface area contributed by atoms with E-state index in [1.54, 1.807) is 32.3 Å². The third kappa shape index (κ3) is 3.01. The molecule has 3 aromatic heterocycles. The number of benzene rings is 1. The normalized spacial score (nSPS) is 15.5. The summed E-state index contributed by atoms with van der Waals surface area (Å²) >= 11 is 5.92. The highest BCUT2D eigenvalue weighted by atomic mass is 35.5. The van der Waals surface area contributed by atoms with Crippen LogP contribution in [0.3, 0.4) is 0 Å². The highest BCUT2D eigenvalue weighted by molar-refractivity contribution is 6.17. The largest absolute Gasteiger partial charge is 0.381 e. The molecule has 0 spiro atoms. The van der Waals surface area contributed by atoms with Crippen molar-refractivity contribution >= 4 is 33.8 Å². The van der Waals surface area contributed by atoms with Crippen molar-refractivity contribution < 1.29 is 9.13 Å². The number of fused-ring (bicyclic) bond motifs is 2. The molecule has 0 bridgehead atoms. The molecule has 8 nitrogen and oxygen atoms in total. The lowest BCUT2D eigenvalue weighted by Gasteiger charge is -2.22. The van der Waals surface area contributed by atoms with Gasteiger partial charge in [-0.2, -0.15) is 4.98 Å². The zero-order valence-corrected chi connectivity index (χ0v) is 16.2. The zero-order valence-electron chi connectivity index (χ0n) is 15.5. The van der Waals surface area contributed by atoms with E-state index in [-0.39, 0.29) is 17.5 Å². The lowest BCUT2D eigenvalue weighted by molar-refractivity contribution is 0.0694. The molecule has 0 aliphatic carbocycles. The number of alkyl halides is 1. The lowest BCUT2D eigenvalue weighted by Crippen LogP contribution is -2.31. The first-order valence-corrected chi connectivity index (χ1v) is 9.95. The molecule has 0 unspecified atom stereocenters. The molecule has 0 atom stereocenters. The fourth-order valence-electron chi connectivity index (χ4n) is 3.88. The molecule has 1 aliphatic heterocycles. The van der Waals surface area contributed by atoms with Gasteiger partial charge in [0.05, 0.1) is 17.2 Å². The number of aromatic nitrogens is 6. The number of rotatable bonds is 4. The molecule has 29 heavy (non-hydrogen) atoms. The van der Waals surface area contributed by atoms with Gasteiger partial charge in [-0.25, -0.2) is 19.2 Å². The molecular formula is C19H18ClFN6O2. The summed E-state index contributed by atoms with van der Waals surface area (Å²) in [5, 5.41) is 0. The fraction of sp³-hybridized carbons (Fsp3) is 0.368. The van der Waals surface area contributed by atoms with E-state index in [9.17, 15) is 9.18 Å². The first kappa shape index (κ1) is 18.3. The summed E-state index contributed by atoms with van der Waals surface area (Å²) < 4.78 is 24.1. The minimum Gasteiger partial charge on any atom is -0.381 e. The average molecular weight is 417 g/mol. The van der Waals surface area contributed by atoms with E-state index in [4.69, 9.17) is 16.3 Å². The number of halogens is 2. The fourth-order valence-corrected chi connectivity index (χ4v) is 4.05. The highest BCUT2D eigenvalue weighted by Gasteiger charge is 2.24. The number of ether oxygens (including phenoxy) is 1. The Bertz CT molecular complexity index is 1260. The third-order valence-corrected chi connectivity index (χ3v) is 5.45. The van der Waals surface area contributed by atoms with Gasteiger partial charge < -0.3 is 4.74 Å². The predicted molar refractivity (Wildman–Crippen MR) is 106 cm³/mol. The molecule has 4 aromatic rings. The second-order valence-electron chi connectivity index (χ2n) is 6.96. The maximum absolute atomic E-state index is 13.8. The predicted octanol–water partition coefficient (Wildman–Crippen LogP) is 2.66. The van der Waals surface area contributed by atoms with Crippen LogP contribution in [0.4, 0.5) is 4.39 Å². The van der Waals surface area contributed by atoms with Gasteiger partial charge in [0.1, 0.15) is 17.7 Å². The van der Waals surface area contributed by atoms with E-state index in [0.717, 1.165) is 12.8 Å². The van der Waals surface area contributed by atoms with Crippen LogP contribution in [0.2, 0.25) is 0 Å². The number of nitrogens with zero attached hydrogens (tertiary/aromatic N) is 6. The van der Waals surface area contributed by atoms with Crippen LogP contribution in [0.25, 0.3) is 28.1 Å². The Labute approximate surface area is 169 Å². The van der Waals surface area contributed by atoms with Crippen LogP contribution in [0, 0.1) is 5.82 Å². The van der Waals surface area contributed by atoms with Gasteiger partial charge >= 0.3 is 5.69 Å². The average Bonchev–Trinajstić information content (AvgIpc) is 3.27. The summed E-state index contributed by atoms with van der Waals surface area (Å²) in [5.74, 6) is 0.266. The number of imidazole rings is 2. The summed E-state index contributed by atoms with van der Waals surface area (Å²) in [5.41, 5.74) is 2.21. The monoisotopic (exact) mass is 416 g/mol. The molecule has 1 aliphatic rings. The maximum Gasteiger partial charge on any atom is 0.330 e. The van der Waals surface area contributed by atoms with Gasteiger partial charge in [-0.3, -0.25) is 13.7 Å². The van der Waals surface area contributed by atoms with E-state index in [1.165, 1.54) is 12.1 Å². The molecule has 0 N–H and O–H groups in total. The van der Waals surface area contributed by atoms with Crippen LogP contribution in [0.15, 0.2) is 35.5 Å². The minimum absolute atomic E-state index is 0.00458. The molecule has 0 saturated carbocycles. The van der Waals surface area contributed by atoms with Crippen molar-refractivity contribution in [1.29, 1.82) is 0 Å². The summed E-state index contributed by atoms with van der Waals surface area (Å²) in [6.45, 7) is 1.57. The van der Waals surface area contributed by atoms with Crippen molar-refractivity contribution in [3.63, 3.8) is 0 Å². The van der Waals surface area contributed by atoms with Crippen molar-refractivity contribution in [2.45, 2.75) is 25.4 Å². The van der Waals surface area contributed by atoms with E-state index in [1.807, 2.05) is 0 Å². The van der Waals surface area contributed by atoms with E-state index < -0.39 is 0 Å². The summed E-state index contributed by atoms with van der Waals surface area (Å²) in [6.07, 6.45) is 4.64. The first-order valence-electron chi connectivity index (χ1n) is 9.42. The molecule has 1 fully saturated rings. The SMILES string of the molecule is O=c1n(CCCl)c2cnc(-n3cnc4ccc(F)cc43)nc2n1C1CCOCC1. The smallest absolute Gasteiger partial charge is 0.330 e. The highest BCUT2D eigenvalue weighted by Crippen LogP contribution is 2.25. The maximum atomic E-state index is 13.8. The summed E-state index contributed by atoms with van der Waals surface area (Å²) in [6, 6.07) is 4.35. The topological polar surface area (TPSA) is 79.8 Å². The minimum atomic E-state index is -0.368. The van der Waals surface area contributed by atoms with Gasteiger partial charge in [0.25, 0.3) is 0 Å². The van der Waals surface area contributed by atoms with Crippen LogP contribution in [-0.4, -0.2) is 47.7 Å². The van der Waals surface area contributed by atoms with Crippen molar-refractivity contribution in [3.05, 3.63) is 47.0 Å². The summed E-state index contributed by atoms with van der Waals surface area (Å²) in [4.78, 5) is 26.5. The molecule has 0 amide bonds. The Morgan fingerprint density at radius 2 is 2.03 bits per heavy atom. The van der Waals surface area contributed by atoms with Gasteiger partial charge in [0, 0.05) is 37.7 Å². The van der Waals surface area contributed by atoms with Crippen molar-refractivity contribution in [3.8, 4) is 5.95 Å². The van der Waals surface area contributed by atoms with Crippen LogP contribution >= 0.6 is 11.6 Å². The van der Waals surface area contributed by atoms with E-state index >= 15 is 0 Å². The van der Waals surface area contributed by atoms with Crippen molar-refractivity contribution in [2.24, 2.45) is 0 Å². The Hall–Kier alpha value is -2.78. The van der Waals surface area contributed by atoms with Crippen LogP contribution in [0.1, 0.15) is 18.9 Å². The molecule has 1 saturated heterocycles. The number of hydrogen-bond acceptors (Lipinski definition) is 5. The van der Waals surface area contributed by atoms with Crippen LogP contribution < -0.4 is 5.69 Å². The Kier molecular flexibility index (Phi) is 4.56. The standard InChI is InChI=1S/C19H18ClFN6O2/c20-5-6-25-16-10-22-18(26-11-23-14-2-1-12(21)9-15(14)26)24-17(16)27(19(25)28)13-3-7-29-8-4-13/h1-2,9-11,13H,3-8H2. The molecular weight excluding hydrogens is 399 g/mol. The molecule has 4 heterocycles. The van der Waals surface area contributed by atoms with Gasteiger partial charge in [-0.05, 0) is 25.0 Å². The third-order valence-electron chi connectivity index (χ3n) is 5.28. The molecule has 1 aromatic carbocycles. The van der Waals surface area contributed by atoms with E-state index in [2.05, 4.69) is 15.0 Å².